The van der Waals surface area contributed by atoms with Crippen molar-refractivity contribution in [1.82, 2.24) is 9.78 Å². The Balaban J connectivity index is 2.06. The van der Waals surface area contributed by atoms with Gasteiger partial charge in [-0.25, -0.2) is 13.5 Å². The number of aliphatic hydroxyl groups is 1. The molecule has 0 amide bonds. The monoisotopic (exact) mass is 541 g/mol. The number of rotatable bonds is 7. The second-order valence-electron chi connectivity index (χ2n) is 7.31. The minimum atomic E-state index is -5.72. The van der Waals surface area contributed by atoms with Crippen molar-refractivity contribution in [3.63, 3.8) is 0 Å². The minimum absolute atomic E-state index is 0.0582. The number of ether oxygens (including phenoxy) is 2. The molecule has 15 heteroatoms. The number of aromatic nitrogens is 2. The highest BCUT2D eigenvalue weighted by atomic mass is 19.4. The van der Waals surface area contributed by atoms with Gasteiger partial charge in [-0.2, -0.15) is 37.6 Å². The lowest BCUT2D eigenvalue weighted by atomic mass is 10.1. The number of methoxy groups -OCH3 is 1. The van der Waals surface area contributed by atoms with Crippen LogP contribution in [0.15, 0.2) is 18.2 Å². The highest BCUT2D eigenvalue weighted by molar-refractivity contribution is 5.91. The first kappa shape index (κ1) is 27.8. The molecule has 1 aromatic heterocycles. The molecule has 0 aliphatic heterocycles. The summed E-state index contributed by atoms with van der Waals surface area (Å²) in [5.41, 5.74) is 2.83. The first-order valence-corrected chi connectivity index (χ1v) is 10.2. The van der Waals surface area contributed by atoms with Crippen LogP contribution in [-0.2, 0) is 12.7 Å². The number of benzene rings is 2. The third-order valence-corrected chi connectivity index (χ3v) is 5.01. The zero-order valence-electron chi connectivity index (χ0n) is 19.0. The molecular weight excluding hydrogens is 527 g/mol. The fourth-order valence-corrected chi connectivity index (χ4v) is 3.28. The van der Waals surface area contributed by atoms with E-state index in [-0.39, 0.29) is 47.1 Å². The molecule has 3 rings (SSSR count). The Morgan fingerprint density at radius 3 is 2.24 bits per heavy atom. The quantitative estimate of drug-likeness (QED) is 0.250. The Kier molecular flexibility index (Phi) is 7.83. The van der Waals surface area contributed by atoms with Crippen molar-refractivity contribution >= 4 is 17.5 Å². The standard InChI is InChI=1S/C23H14F7N5O3/c1-37-14-7-10(6-11(8-31)20-12(9-32)22(33)35(34-20)4-5-36)2-3-13(14)38-21-18(26)16(24)15(23(28,29)30)17(25)19(21)27/h2-3,6-7,36H,4-5,33H2,1H3/b11-6+. The number of hydrogen-bond donors (Lipinski definition) is 2. The van der Waals surface area contributed by atoms with E-state index in [4.69, 9.17) is 20.3 Å². The highest BCUT2D eigenvalue weighted by Gasteiger charge is 2.43. The van der Waals surface area contributed by atoms with E-state index < -0.39 is 46.5 Å². The number of nitrogen functional groups attached to an aromatic ring is 1. The van der Waals surface area contributed by atoms with Crippen LogP contribution in [0.1, 0.15) is 22.4 Å². The van der Waals surface area contributed by atoms with Crippen molar-refractivity contribution in [2.75, 3.05) is 19.5 Å². The zero-order chi connectivity index (χ0) is 28.4. The Hall–Kier alpha value is -4.76. The van der Waals surface area contributed by atoms with Crippen LogP contribution < -0.4 is 15.2 Å². The molecule has 0 unspecified atom stereocenters. The molecule has 1 heterocycles. The third kappa shape index (κ3) is 5.05. The zero-order valence-corrected chi connectivity index (χ0v) is 19.0. The van der Waals surface area contributed by atoms with Gasteiger partial charge in [-0.1, -0.05) is 6.07 Å². The SMILES string of the molecule is COc1cc(/C=C(\C#N)c2nn(CCO)c(N)c2C#N)ccc1Oc1c(F)c(F)c(C(F)(F)F)c(F)c1F. The van der Waals surface area contributed by atoms with Gasteiger partial charge in [-0.15, -0.1) is 0 Å². The Labute approximate surface area is 209 Å². The number of nitrogens with two attached hydrogens (primary N) is 1. The molecule has 38 heavy (non-hydrogen) atoms. The summed E-state index contributed by atoms with van der Waals surface area (Å²) in [5, 5.41) is 32.2. The first-order valence-electron chi connectivity index (χ1n) is 10.2. The Bertz CT molecular complexity index is 1490. The third-order valence-electron chi connectivity index (χ3n) is 5.01. The van der Waals surface area contributed by atoms with Crippen molar-refractivity contribution in [3.8, 4) is 29.4 Å². The van der Waals surface area contributed by atoms with E-state index in [9.17, 15) is 41.3 Å². The number of nitrogens with zero attached hydrogens (tertiary/aromatic N) is 4. The molecule has 0 saturated heterocycles. The largest absolute Gasteiger partial charge is 0.493 e. The van der Waals surface area contributed by atoms with E-state index in [1.54, 1.807) is 6.07 Å². The maximum atomic E-state index is 14.2. The predicted molar refractivity (Wildman–Crippen MR) is 116 cm³/mol. The van der Waals surface area contributed by atoms with Crippen LogP contribution in [0.25, 0.3) is 11.6 Å². The summed E-state index contributed by atoms with van der Waals surface area (Å²) in [4.78, 5) is 0. The molecule has 3 N–H and O–H groups in total. The molecule has 0 fully saturated rings. The summed E-state index contributed by atoms with van der Waals surface area (Å²) >= 11 is 0. The number of halogens is 7. The lowest BCUT2D eigenvalue weighted by Gasteiger charge is -2.16. The van der Waals surface area contributed by atoms with E-state index in [1.807, 2.05) is 6.07 Å². The van der Waals surface area contributed by atoms with Crippen LogP contribution >= 0.6 is 0 Å². The topological polar surface area (TPSA) is 130 Å². The normalized spacial score (nSPS) is 11.7. The lowest BCUT2D eigenvalue weighted by Crippen LogP contribution is -2.15. The average Bonchev–Trinajstić information content (AvgIpc) is 3.18. The van der Waals surface area contributed by atoms with E-state index >= 15 is 0 Å². The van der Waals surface area contributed by atoms with E-state index in [0.29, 0.717) is 0 Å². The van der Waals surface area contributed by atoms with Gasteiger partial charge in [0.05, 0.1) is 25.8 Å². The van der Waals surface area contributed by atoms with E-state index in [2.05, 4.69) is 5.10 Å². The number of allylic oxidation sites excluding steroid dienone is 1. The number of nitriles is 2. The fourth-order valence-electron chi connectivity index (χ4n) is 3.28. The number of alkyl halides is 3. The number of anilines is 1. The predicted octanol–water partition coefficient (Wildman–Crippen LogP) is 4.77. The Morgan fingerprint density at radius 1 is 1.11 bits per heavy atom. The van der Waals surface area contributed by atoms with Gasteiger partial charge < -0.3 is 20.3 Å². The second kappa shape index (κ2) is 10.7. The molecule has 0 aliphatic rings. The number of hydrogen-bond acceptors (Lipinski definition) is 7. The van der Waals surface area contributed by atoms with E-state index in [0.717, 1.165) is 23.9 Å². The molecule has 198 valence electrons. The number of aliphatic hydroxyl groups excluding tert-OH is 1. The van der Waals surface area contributed by atoms with Crippen LogP contribution in [-0.4, -0.2) is 28.6 Å². The van der Waals surface area contributed by atoms with Crippen molar-refractivity contribution in [2.24, 2.45) is 0 Å². The molecule has 8 nitrogen and oxygen atoms in total. The van der Waals surface area contributed by atoms with Gasteiger partial charge in [0.15, 0.2) is 23.1 Å². The molecular formula is C23H14F7N5O3. The maximum absolute atomic E-state index is 14.2. The molecule has 0 radical (unpaired) electrons. The van der Waals surface area contributed by atoms with Crippen LogP contribution in [0.2, 0.25) is 0 Å². The summed E-state index contributed by atoms with van der Waals surface area (Å²) in [7, 11) is 1.08. The minimum Gasteiger partial charge on any atom is -0.493 e. The van der Waals surface area contributed by atoms with Crippen molar-refractivity contribution < 1.29 is 45.3 Å². The van der Waals surface area contributed by atoms with Gasteiger partial charge in [0.2, 0.25) is 17.4 Å². The molecule has 0 saturated carbocycles. The molecule has 0 spiro atoms. The highest BCUT2D eigenvalue weighted by Crippen LogP contribution is 2.42. The fraction of sp³-hybridized carbons (Fsp3) is 0.174. The summed E-state index contributed by atoms with van der Waals surface area (Å²) in [6.07, 6.45) is -4.50. The van der Waals surface area contributed by atoms with Crippen LogP contribution in [0, 0.1) is 45.9 Å². The van der Waals surface area contributed by atoms with E-state index in [1.165, 1.54) is 12.1 Å². The summed E-state index contributed by atoms with van der Waals surface area (Å²) < 4.78 is 106. The maximum Gasteiger partial charge on any atom is 0.422 e. The van der Waals surface area contributed by atoms with Crippen LogP contribution in [0.4, 0.5) is 36.6 Å². The van der Waals surface area contributed by atoms with Crippen molar-refractivity contribution in [1.29, 1.82) is 10.5 Å². The molecule has 3 aromatic rings. The van der Waals surface area contributed by atoms with Crippen molar-refractivity contribution in [2.45, 2.75) is 12.7 Å². The second-order valence-corrected chi connectivity index (χ2v) is 7.31. The molecule has 0 atom stereocenters. The Morgan fingerprint density at radius 2 is 1.74 bits per heavy atom. The molecule has 2 aromatic carbocycles. The van der Waals surface area contributed by atoms with Gasteiger partial charge in [0.25, 0.3) is 0 Å². The van der Waals surface area contributed by atoms with Gasteiger partial charge in [-0.05, 0) is 23.8 Å². The summed E-state index contributed by atoms with van der Waals surface area (Å²) in [6, 6.07) is 6.98. The van der Waals surface area contributed by atoms with Gasteiger partial charge in [0, 0.05) is 0 Å². The average molecular weight is 541 g/mol. The smallest absolute Gasteiger partial charge is 0.422 e. The lowest BCUT2D eigenvalue weighted by molar-refractivity contribution is -0.143. The van der Waals surface area contributed by atoms with Gasteiger partial charge >= 0.3 is 6.18 Å². The molecule has 0 bridgehead atoms. The summed E-state index contributed by atoms with van der Waals surface area (Å²) in [5.74, 6) is -13.0. The first-order chi connectivity index (χ1) is 17.9. The van der Waals surface area contributed by atoms with Gasteiger partial charge in [0.1, 0.15) is 34.8 Å². The molecule has 0 aliphatic carbocycles. The van der Waals surface area contributed by atoms with Crippen molar-refractivity contribution in [3.05, 3.63) is 63.9 Å². The van der Waals surface area contributed by atoms with Gasteiger partial charge in [-0.3, -0.25) is 0 Å². The van der Waals surface area contributed by atoms with Crippen LogP contribution in [0.5, 0.6) is 17.2 Å². The van der Waals surface area contributed by atoms with Crippen LogP contribution in [0.3, 0.4) is 0 Å². The summed E-state index contributed by atoms with van der Waals surface area (Å²) in [6.45, 7) is -0.411.